The average molecular weight is 566 g/mol. The van der Waals surface area contributed by atoms with Crippen molar-refractivity contribution in [3.63, 3.8) is 0 Å². The summed E-state index contributed by atoms with van der Waals surface area (Å²) in [7, 11) is -4.39. The van der Waals surface area contributed by atoms with Crippen molar-refractivity contribution in [3.8, 4) is 5.75 Å². The standard InChI is InChI=1S/C32H27N3O5S/c1-32(2,3)24-8-10-25(11-9-24)41(38,39)35(30(36)22-14-18-33-19-15-22)28-12-13-29(27-7-5-4-6-26(27)28)40-31(37)23-16-20-34-21-17-23/h4-21H,1-3H3. The molecule has 0 aliphatic rings. The Morgan fingerprint density at radius 1 is 0.707 bits per heavy atom. The van der Waals surface area contributed by atoms with Crippen LogP contribution < -0.4 is 9.04 Å². The van der Waals surface area contributed by atoms with Crippen molar-refractivity contribution in [2.24, 2.45) is 0 Å². The van der Waals surface area contributed by atoms with Crippen LogP contribution in [0.5, 0.6) is 5.75 Å². The Morgan fingerprint density at radius 2 is 1.27 bits per heavy atom. The molecule has 5 aromatic rings. The zero-order valence-corrected chi connectivity index (χ0v) is 23.5. The third-order valence-corrected chi connectivity index (χ3v) is 8.28. The zero-order valence-electron chi connectivity index (χ0n) is 22.7. The average Bonchev–Trinajstić information content (AvgIpc) is 2.98. The number of benzene rings is 3. The summed E-state index contributed by atoms with van der Waals surface area (Å²) in [6.07, 6.45) is 5.82. The van der Waals surface area contributed by atoms with Gasteiger partial charge in [0, 0.05) is 41.1 Å². The van der Waals surface area contributed by atoms with Gasteiger partial charge in [-0.05, 0) is 59.5 Å². The van der Waals surface area contributed by atoms with Crippen LogP contribution in [0.25, 0.3) is 10.8 Å². The van der Waals surface area contributed by atoms with E-state index in [1.54, 1.807) is 36.4 Å². The second-order valence-corrected chi connectivity index (χ2v) is 12.1. The number of carbonyl (C=O) groups is 2. The minimum atomic E-state index is -4.39. The number of pyridine rings is 2. The quantitative estimate of drug-likeness (QED) is 0.179. The smallest absolute Gasteiger partial charge is 0.343 e. The van der Waals surface area contributed by atoms with E-state index in [-0.39, 0.29) is 27.3 Å². The number of hydrogen-bond acceptors (Lipinski definition) is 7. The summed E-state index contributed by atoms with van der Waals surface area (Å²) in [4.78, 5) is 34.5. The minimum Gasteiger partial charge on any atom is -0.422 e. The molecule has 0 saturated carbocycles. The van der Waals surface area contributed by atoms with Crippen molar-refractivity contribution in [1.82, 2.24) is 9.97 Å². The van der Waals surface area contributed by atoms with Gasteiger partial charge in [0.1, 0.15) is 5.75 Å². The van der Waals surface area contributed by atoms with Crippen LogP contribution >= 0.6 is 0 Å². The molecule has 0 N–H and O–H groups in total. The fourth-order valence-electron chi connectivity index (χ4n) is 4.36. The van der Waals surface area contributed by atoms with Gasteiger partial charge in [-0.3, -0.25) is 14.8 Å². The van der Waals surface area contributed by atoms with Gasteiger partial charge in [-0.2, -0.15) is 4.31 Å². The molecule has 0 radical (unpaired) electrons. The summed E-state index contributed by atoms with van der Waals surface area (Å²) in [5.41, 5.74) is 1.34. The van der Waals surface area contributed by atoms with Crippen molar-refractivity contribution in [3.05, 3.63) is 126 Å². The number of amides is 1. The maximum atomic E-state index is 14.2. The summed E-state index contributed by atoms with van der Waals surface area (Å²) in [6, 6.07) is 22.3. The summed E-state index contributed by atoms with van der Waals surface area (Å²) < 4.78 is 34.9. The van der Waals surface area contributed by atoms with E-state index in [2.05, 4.69) is 9.97 Å². The van der Waals surface area contributed by atoms with Gasteiger partial charge in [0.15, 0.2) is 0 Å². The van der Waals surface area contributed by atoms with E-state index in [0.717, 1.165) is 9.87 Å². The highest BCUT2D eigenvalue weighted by atomic mass is 32.2. The number of sulfonamides is 1. The first-order chi connectivity index (χ1) is 19.6. The van der Waals surface area contributed by atoms with Gasteiger partial charge in [0.05, 0.1) is 16.1 Å². The molecule has 41 heavy (non-hydrogen) atoms. The second kappa shape index (κ2) is 10.9. The van der Waals surface area contributed by atoms with E-state index >= 15 is 0 Å². The molecule has 0 fully saturated rings. The normalized spacial score (nSPS) is 11.7. The molecule has 0 saturated heterocycles. The van der Waals surface area contributed by atoms with Crippen LogP contribution in [-0.2, 0) is 15.4 Å². The SMILES string of the molecule is CC(C)(C)c1ccc(S(=O)(=O)N(C(=O)c2ccncc2)c2ccc(OC(=O)c3ccncc3)c3ccccc23)cc1. The van der Waals surface area contributed by atoms with Gasteiger partial charge in [-0.15, -0.1) is 0 Å². The Morgan fingerprint density at radius 3 is 1.85 bits per heavy atom. The first kappa shape index (κ1) is 27.7. The highest BCUT2D eigenvalue weighted by molar-refractivity contribution is 7.93. The molecule has 0 bridgehead atoms. The Balaban J connectivity index is 1.66. The fourth-order valence-corrected chi connectivity index (χ4v) is 5.79. The van der Waals surface area contributed by atoms with E-state index in [9.17, 15) is 18.0 Å². The number of esters is 1. The molecule has 1 amide bonds. The molecular weight excluding hydrogens is 538 g/mol. The molecule has 9 heteroatoms. The predicted molar refractivity (Wildman–Crippen MR) is 157 cm³/mol. The van der Waals surface area contributed by atoms with Crippen LogP contribution in [0.1, 0.15) is 47.1 Å². The molecular formula is C32H27N3O5S. The van der Waals surface area contributed by atoms with Crippen LogP contribution in [0.15, 0.2) is 115 Å². The molecule has 8 nitrogen and oxygen atoms in total. The van der Waals surface area contributed by atoms with E-state index in [1.807, 2.05) is 20.8 Å². The fraction of sp³-hybridized carbons (Fsp3) is 0.125. The Hall–Kier alpha value is -4.89. The molecule has 0 aliphatic carbocycles. The molecule has 2 heterocycles. The van der Waals surface area contributed by atoms with E-state index in [1.165, 1.54) is 73.3 Å². The summed E-state index contributed by atoms with van der Waals surface area (Å²) >= 11 is 0. The van der Waals surface area contributed by atoms with Crippen molar-refractivity contribution in [2.45, 2.75) is 31.1 Å². The van der Waals surface area contributed by atoms with Gasteiger partial charge in [0.2, 0.25) is 0 Å². The van der Waals surface area contributed by atoms with Gasteiger partial charge >= 0.3 is 5.97 Å². The highest BCUT2D eigenvalue weighted by Gasteiger charge is 2.34. The van der Waals surface area contributed by atoms with Crippen LogP contribution in [0.2, 0.25) is 0 Å². The number of aromatic nitrogens is 2. The van der Waals surface area contributed by atoms with Crippen LogP contribution in [-0.4, -0.2) is 30.3 Å². The molecule has 2 aromatic heterocycles. The molecule has 0 atom stereocenters. The van der Waals surface area contributed by atoms with E-state index < -0.39 is 21.9 Å². The van der Waals surface area contributed by atoms with E-state index in [4.69, 9.17) is 4.74 Å². The second-order valence-electron chi connectivity index (χ2n) is 10.3. The van der Waals surface area contributed by atoms with Crippen LogP contribution in [0, 0.1) is 0 Å². The number of rotatable bonds is 6. The third-order valence-electron chi connectivity index (χ3n) is 6.57. The summed E-state index contributed by atoms with van der Waals surface area (Å²) in [6.45, 7) is 6.10. The number of nitrogens with zero attached hydrogens (tertiary/aromatic N) is 3. The molecule has 0 aliphatic heterocycles. The first-order valence-electron chi connectivity index (χ1n) is 12.8. The van der Waals surface area contributed by atoms with Crippen LogP contribution in [0.3, 0.4) is 0 Å². The minimum absolute atomic E-state index is 0.0369. The maximum Gasteiger partial charge on any atom is 0.343 e. The molecule has 3 aromatic carbocycles. The number of ether oxygens (including phenoxy) is 1. The Kier molecular flexibility index (Phi) is 7.38. The van der Waals surface area contributed by atoms with Crippen LogP contribution in [0.4, 0.5) is 5.69 Å². The van der Waals surface area contributed by atoms with Crippen molar-refractivity contribution < 1.29 is 22.7 Å². The summed E-state index contributed by atoms with van der Waals surface area (Å²) in [5, 5.41) is 0.864. The first-order valence-corrected chi connectivity index (χ1v) is 14.3. The maximum absolute atomic E-state index is 14.2. The molecule has 0 spiro atoms. The zero-order chi connectivity index (χ0) is 29.2. The van der Waals surface area contributed by atoms with Gasteiger partial charge in [0.25, 0.3) is 15.9 Å². The number of fused-ring (bicyclic) bond motifs is 1. The van der Waals surface area contributed by atoms with Crippen molar-refractivity contribution in [1.29, 1.82) is 0 Å². The highest BCUT2D eigenvalue weighted by Crippen LogP contribution is 2.37. The molecule has 206 valence electrons. The monoisotopic (exact) mass is 565 g/mol. The number of carbonyl (C=O) groups excluding carboxylic acids is 2. The lowest BCUT2D eigenvalue weighted by Gasteiger charge is -2.25. The lowest BCUT2D eigenvalue weighted by Crippen LogP contribution is -2.37. The number of hydrogen-bond donors (Lipinski definition) is 0. The lowest BCUT2D eigenvalue weighted by molar-refractivity contribution is 0.0736. The Labute approximate surface area is 238 Å². The van der Waals surface area contributed by atoms with E-state index in [0.29, 0.717) is 16.3 Å². The molecule has 5 rings (SSSR count). The third kappa shape index (κ3) is 5.57. The number of anilines is 1. The largest absolute Gasteiger partial charge is 0.422 e. The van der Waals surface area contributed by atoms with Crippen molar-refractivity contribution in [2.75, 3.05) is 4.31 Å². The van der Waals surface area contributed by atoms with Gasteiger partial charge in [-0.25, -0.2) is 13.2 Å². The van der Waals surface area contributed by atoms with Crippen molar-refractivity contribution >= 4 is 38.4 Å². The van der Waals surface area contributed by atoms with Gasteiger partial charge in [-0.1, -0.05) is 57.2 Å². The molecule has 0 unspecified atom stereocenters. The lowest BCUT2D eigenvalue weighted by atomic mass is 9.87. The predicted octanol–water partition coefficient (Wildman–Crippen LogP) is 6.18. The Bertz CT molecular complexity index is 1830. The topological polar surface area (TPSA) is 107 Å². The van der Waals surface area contributed by atoms with Gasteiger partial charge < -0.3 is 4.74 Å². The summed E-state index contributed by atoms with van der Waals surface area (Å²) in [5.74, 6) is -1.13.